The lowest BCUT2D eigenvalue weighted by Gasteiger charge is -2.36. The summed E-state index contributed by atoms with van der Waals surface area (Å²) in [6.45, 7) is 8.79. The fourth-order valence-electron chi connectivity index (χ4n) is 7.83. The summed E-state index contributed by atoms with van der Waals surface area (Å²) in [6.07, 6.45) is -0.543. The van der Waals surface area contributed by atoms with Crippen LogP contribution in [0.25, 0.3) is 11.1 Å². The number of halogens is 3. The third kappa shape index (κ3) is 9.09. The number of nitrogens with one attached hydrogen (secondary N) is 3. The van der Waals surface area contributed by atoms with E-state index in [2.05, 4.69) is 26.7 Å². The highest BCUT2D eigenvalue weighted by Crippen LogP contribution is 2.47. The maximum atomic E-state index is 14.8. The van der Waals surface area contributed by atoms with Gasteiger partial charge in [0.05, 0.1) is 11.8 Å². The van der Waals surface area contributed by atoms with Crippen LogP contribution in [0.1, 0.15) is 77.7 Å². The minimum absolute atomic E-state index is 0.0739. The average Bonchev–Trinajstić information content (AvgIpc) is 4.03. The molecule has 1 heterocycles. The second-order valence-corrected chi connectivity index (χ2v) is 18.4. The Morgan fingerprint density at radius 2 is 1.61 bits per heavy atom. The molecule has 4 fully saturated rings. The van der Waals surface area contributed by atoms with Gasteiger partial charge in [0.15, 0.2) is 0 Å². The van der Waals surface area contributed by atoms with Crippen LogP contribution >= 0.6 is 0 Å². The molecule has 0 bridgehead atoms. The van der Waals surface area contributed by atoms with Gasteiger partial charge in [-0.15, -0.1) is 19.8 Å². The molecule has 3 aliphatic carbocycles. The summed E-state index contributed by atoms with van der Waals surface area (Å²) < 4.78 is 83.3. The molecule has 57 heavy (non-hydrogen) atoms. The van der Waals surface area contributed by atoms with E-state index in [1.54, 1.807) is 51.1 Å². The number of sulfonamides is 1. The molecule has 0 unspecified atom stereocenters. The summed E-state index contributed by atoms with van der Waals surface area (Å²) in [6, 6.07) is 9.57. The number of benzene rings is 2. The Labute approximate surface area is 330 Å². The van der Waals surface area contributed by atoms with Gasteiger partial charge >= 0.3 is 12.5 Å². The van der Waals surface area contributed by atoms with E-state index in [1.807, 2.05) is 0 Å². The minimum atomic E-state index is -4.92. The second kappa shape index (κ2) is 15.6. The number of alkyl carbamates (subject to hydrolysis) is 1. The van der Waals surface area contributed by atoms with Gasteiger partial charge < -0.3 is 29.7 Å². The molecular formula is C40H49F3N4O9S. The number of hydrogen-bond donors (Lipinski definition) is 3. The molecule has 310 valence electrons. The number of nitrogens with zero attached hydrogens (tertiary/aromatic N) is 1. The van der Waals surface area contributed by atoms with Gasteiger partial charge in [-0.1, -0.05) is 69.3 Å². The highest BCUT2D eigenvalue weighted by molar-refractivity contribution is 7.91. The fourth-order valence-corrected chi connectivity index (χ4v) is 9.19. The predicted octanol–water partition coefficient (Wildman–Crippen LogP) is 5.45. The van der Waals surface area contributed by atoms with Gasteiger partial charge in [-0.2, -0.15) is 0 Å². The number of alkyl halides is 3. The largest absolute Gasteiger partial charge is 0.573 e. The molecule has 3 N–H and O–H groups in total. The van der Waals surface area contributed by atoms with Crippen molar-refractivity contribution in [3.63, 3.8) is 0 Å². The van der Waals surface area contributed by atoms with Crippen LogP contribution in [0.2, 0.25) is 0 Å². The number of carbonyl (C=O) groups excluding carboxylic acids is 4. The summed E-state index contributed by atoms with van der Waals surface area (Å²) in [5.74, 6) is -3.30. The van der Waals surface area contributed by atoms with Crippen molar-refractivity contribution >= 4 is 33.8 Å². The maximum Gasteiger partial charge on any atom is 0.573 e. The first-order valence-electron chi connectivity index (χ1n) is 19.0. The number of rotatable bonds is 13. The molecule has 2 aromatic rings. The second-order valence-electron chi connectivity index (χ2n) is 16.4. The summed E-state index contributed by atoms with van der Waals surface area (Å²) in [5.41, 5.74) is -2.85. The zero-order valence-electron chi connectivity index (χ0n) is 32.3. The van der Waals surface area contributed by atoms with E-state index in [9.17, 15) is 40.8 Å². The standard InChI is InChI=1S/C40H49F3N4O9S/c1-6-25-21-39(25,35(50)46-57(52,53)28-19-20-28)45-33(48)30-22-38(54-5,26-17-15-24(16-18-26)29-13-9-10-14-31(29)56-40(41,42)43)23-47(30)34(49)32(37(2,3)4)44-36(51)55-27-11-7-8-12-27/h6,9-10,13-18,25,27-28,30,32H,1,7-8,11-12,19-23H2,2-5H3,(H,44,51)(H,45,48)(H,46,50)/t25-,30+,32-,38+,39-/m1/s1. The van der Waals surface area contributed by atoms with Crippen LogP contribution in [0.15, 0.2) is 61.2 Å². The Bertz CT molecular complexity index is 1990. The summed E-state index contributed by atoms with van der Waals surface area (Å²) in [4.78, 5) is 57.3. The quantitative estimate of drug-likeness (QED) is 0.223. The lowest BCUT2D eigenvalue weighted by Crippen LogP contribution is -2.60. The highest BCUT2D eigenvalue weighted by Gasteiger charge is 2.63. The highest BCUT2D eigenvalue weighted by atomic mass is 32.2. The molecule has 2 aromatic carbocycles. The van der Waals surface area contributed by atoms with Crippen LogP contribution in [-0.2, 0) is 39.5 Å². The van der Waals surface area contributed by atoms with E-state index < -0.39 is 85.8 Å². The van der Waals surface area contributed by atoms with Crippen LogP contribution in [0.3, 0.4) is 0 Å². The van der Waals surface area contributed by atoms with Gasteiger partial charge in [-0.25, -0.2) is 13.2 Å². The van der Waals surface area contributed by atoms with Crippen molar-refractivity contribution in [2.75, 3.05) is 13.7 Å². The van der Waals surface area contributed by atoms with E-state index in [1.165, 1.54) is 36.3 Å². The lowest BCUT2D eigenvalue weighted by molar-refractivity contribution is -0.274. The molecule has 0 radical (unpaired) electrons. The third-order valence-electron chi connectivity index (χ3n) is 11.3. The summed E-state index contributed by atoms with van der Waals surface area (Å²) in [5, 5.41) is 4.79. The lowest BCUT2D eigenvalue weighted by atomic mass is 9.85. The fraction of sp³-hybridized carbons (Fsp3) is 0.550. The van der Waals surface area contributed by atoms with E-state index in [0.717, 1.165) is 12.8 Å². The summed E-state index contributed by atoms with van der Waals surface area (Å²) >= 11 is 0. The van der Waals surface area contributed by atoms with Crippen LogP contribution in [0, 0.1) is 11.3 Å². The first kappa shape index (κ1) is 42.0. The normalized spacial score (nSPS) is 25.6. The molecule has 17 heteroatoms. The van der Waals surface area contributed by atoms with Crippen molar-refractivity contribution in [1.82, 2.24) is 20.3 Å². The Morgan fingerprint density at radius 3 is 2.18 bits per heavy atom. The van der Waals surface area contributed by atoms with E-state index in [0.29, 0.717) is 36.8 Å². The van der Waals surface area contributed by atoms with Gasteiger partial charge in [0.2, 0.25) is 21.8 Å². The molecule has 1 aliphatic heterocycles. The van der Waals surface area contributed by atoms with Crippen molar-refractivity contribution in [3.8, 4) is 16.9 Å². The van der Waals surface area contributed by atoms with Crippen molar-refractivity contribution in [1.29, 1.82) is 0 Å². The first-order chi connectivity index (χ1) is 26.7. The van der Waals surface area contributed by atoms with Crippen LogP contribution in [0.5, 0.6) is 5.75 Å². The van der Waals surface area contributed by atoms with Gasteiger partial charge in [-0.3, -0.25) is 19.1 Å². The Hall–Kier alpha value is -4.64. The third-order valence-corrected chi connectivity index (χ3v) is 13.2. The molecule has 0 spiro atoms. The van der Waals surface area contributed by atoms with Gasteiger partial charge in [0, 0.05) is 25.0 Å². The number of hydrogen-bond acceptors (Lipinski definition) is 9. The van der Waals surface area contributed by atoms with Crippen molar-refractivity contribution < 1.29 is 55.0 Å². The van der Waals surface area contributed by atoms with Gasteiger partial charge in [-0.05, 0) is 67.6 Å². The molecule has 4 amide bonds. The van der Waals surface area contributed by atoms with Crippen LogP contribution < -0.4 is 20.1 Å². The van der Waals surface area contributed by atoms with Gasteiger partial charge in [0.25, 0.3) is 5.91 Å². The van der Waals surface area contributed by atoms with E-state index in [4.69, 9.17) is 9.47 Å². The zero-order valence-corrected chi connectivity index (χ0v) is 33.1. The monoisotopic (exact) mass is 818 g/mol. The SMILES string of the molecule is C=C[C@@H]1C[C@]1(NC(=O)[C@@H]1C[C@@](OC)(c2ccc(-c3ccccc3OC(F)(F)F)cc2)CN1C(=O)[C@@H](NC(=O)OC1CCCC1)C(C)(C)C)C(=O)NS(=O)(=O)C1CC1. The molecule has 1 saturated heterocycles. The smallest absolute Gasteiger partial charge is 0.446 e. The van der Waals surface area contributed by atoms with Gasteiger partial charge in [0.1, 0.15) is 35.1 Å². The number of likely N-dealkylation sites (tertiary alicyclic amines) is 1. The Kier molecular flexibility index (Phi) is 11.5. The molecule has 6 rings (SSSR count). The molecule has 3 saturated carbocycles. The zero-order chi connectivity index (χ0) is 41.6. The Balaban J connectivity index is 1.33. The van der Waals surface area contributed by atoms with Crippen molar-refractivity contribution in [2.24, 2.45) is 11.3 Å². The average molecular weight is 819 g/mol. The molecule has 5 atom stereocenters. The maximum absolute atomic E-state index is 14.8. The molecule has 0 aromatic heterocycles. The minimum Gasteiger partial charge on any atom is -0.446 e. The molecule has 4 aliphatic rings. The Morgan fingerprint density at radius 1 is 0.965 bits per heavy atom. The van der Waals surface area contributed by atoms with E-state index in [-0.39, 0.29) is 31.1 Å². The summed E-state index contributed by atoms with van der Waals surface area (Å²) in [7, 11) is -2.57. The van der Waals surface area contributed by atoms with Crippen LogP contribution in [0.4, 0.5) is 18.0 Å². The number of methoxy groups -OCH3 is 1. The number of carbonyl (C=O) groups is 4. The number of amides is 4. The number of para-hydroxylation sites is 1. The number of ether oxygens (including phenoxy) is 3. The topological polar surface area (TPSA) is 169 Å². The molecule has 13 nitrogen and oxygen atoms in total. The van der Waals surface area contributed by atoms with E-state index >= 15 is 0 Å². The van der Waals surface area contributed by atoms with Crippen LogP contribution in [-0.4, -0.2) is 86.1 Å². The van der Waals surface area contributed by atoms with Crippen molar-refractivity contribution in [2.45, 2.75) is 113 Å². The predicted molar refractivity (Wildman–Crippen MR) is 202 cm³/mol. The van der Waals surface area contributed by atoms with Crippen molar-refractivity contribution in [3.05, 3.63) is 66.7 Å². The molecular weight excluding hydrogens is 770 g/mol. The first-order valence-corrected chi connectivity index (χ1v) is 20.6.